The van der Waals surface area contributed by atoms with Crippen LogP contribution in [0.4, 0.5) is 4.39 Å². The monoisotopic (exact) mass is 287 g/mol. The Morgan fingerprint density at radius 3 is 2.43 bits per heavy atom. The Bertz CT molecular complexity index is 566. The number of rotatable bonds is 7. The summed E-state index contributed by atoms with van der Waals surface area (Å²) in [5, 5.41) is 3.01. The molecule has 21 heavy (non-hydrogen) atoms. The van der Waals surface area contributed by atoms with E-state index in [4.69, 9.17) is 4.74 Å². The van der Waals surface area contributed by atoms with E-state index in [0.29, 0.717) is 12.3 Å². The number of hydrogen-bond donors (Lipinski definition) is 1. The Hall–Kier alpha value is -1.87. The molecule has 0 spiro atoms. The maximum absolute atomic E-state index is 13.5. The molecule has 0 bridgehead atoms. The molecule has 2 rings (SSSR count). The van der Waals surface area contributed by atoms with Crippen LogP contribution in [-0.2, 0) is 13.0 Å². The Balaban J connectivity index is 2.07. The molecule has 0 atom stereocenters. The molecular formula is C18H22FNO. The van der Waals surface area contributed by atoms with Crippen LogP contribution < -0.4 is 10.1 Å². The molecule has 1 N–H and O–H groups in total. The number of halogens is 1. The van der Waals surface area contributed by atoms with Gasteiger partial charge in [0.25, 0.3) is 0 Å². The van der Waals surface area contributed by atoms with Gasteiger partial charge in [0.05, 0.1) is 0 Å². The van der Waals surface area contributed by atoms with E-state index in [0.717, 1.165) is 17.7 Å². The summed E-state index contributed by atoms with van der Waals surface area (Å²) >= 11 is 0. The minimum absolute atomic E-state index is 0.280. The van der Waals surface area contributed by atoms with Crippen LogP contribution in [0.3, 0.4) is 0 Å². The van der Waals surface area contributed by atoms with Crippen molar-refractivity contribution < 1.29 is 9.13 Å². The molecule has 0 aliphatic heterocycles. The molecule has 2 nitrogen and oxygen atoms in total. The van der Waals surface area contributed by atoms with Crippen molar-refractivity contribution in [3.05, 3.63) is 59.4 Å². The Morgan fingerprint density at radius 2 is 1.76 bits per heavy atom. The average Bonchev–Trinajstić information content (AvgIpc) is 2.46. The first-order valence-electron chi connectivity index (χ1n) is 7.42. The molecule has 2 aromatic carbocycles. The topological polar surface area (TPSA) is 21.3 Å². The summed E-state index contributed by atoms with van der Waals surface area (Å²) < 4.78 is 19.3. The molecule has 0 amide bonds. The highest BCUT2D eigenvalue weighted by atomic mass is 19.1. The lowest BCUT2D eigenvalue weighted by Crippen LogP contribution is -2.05. The maximum atomic E-state index is 13.5. The molecule has 0 fully saturated rings. The van der Waals surface area contributed by atoms with E-state index in [1.54, 1.807) is 0 Å². The van der Waals surface area contributed by atoms with Crippen LogP contribution >= 0.6 is 0 Å². The quantitative estimate of drug-likeness (QED) is 0.798. The Kier molecular flexibility index (Phi) is 5.76. The molecule has 0 saturated heterocycles. The summed E-state index contributed by atoms with van der Waals surface area (Å²) in [5.41, 5.74) is 2.17. The van der Waals surface area contributed by atoms with E-state index in [1.807, 2.05) is 25.2 Å². The van der Waals surface area contributed by atoms with Crippen molar-refractivity contribution >= 4 is 0 Å². The lowest BCUT2D eigenvalue weighted by molar-refractivity contribution is 0.475. The van der Waals surface area contributed by atoms with Gasteiger partial charge in [0, 0.05) is 12.6 Å². The van der Waals surface area contributed by atoms with Gasteiger partial charge in [0.2, 0.25) is 0 Å². The number of aryl methyl sites for hydroxylation is 1. The number of hydrogen-bond acceptors (Lipinski definition) is 2. The fraction of sp³-hybridized carbons (Fsp3) is 0.333. The van der Waals surface area contributed by atoms with Gasteiger partial charge in [0.1, 0.15) is 17.3 Å². The normalized spacial score (nSPS) is 10.6. The van der Waals surface area contributed by atoms with Crippen LogP contribution in [-0.4, -0.2) is 7.05 Å². The number of benzene rings is 2. The molecule has 0 heterocycles. The summed E-state index contributed by atoms with van der Waals surface area (Å²) in [6.45, 7) is 2.80. The molecule has 0 aliphatic rings. The second kappa shape index (κ2) is 7.79. The van der Waals surface area contributed by atoms with E-state index in [1.165, 1.54) is 30.5 Å². The van der Waals surface area contributed by atoms with Crippen molar-refractivity contribution in [3.63, 3.8) is 0 Å². The highest BCUT2D eigenvalue weighted by Gasteiger charge is 2.03. The lowest BCUT2D eigenvalue weighted by atomic mass is 10.1. The van der Waals surface area contributed by atoms with Crippen molar-refractivity contribution in [1.29, 1.82) is 0 Å². The number of ether oxygens (including phenoxy) is 1. The predicted molar refractivity (Wildman–Crippen MR) is 84.3 cm³/mol. The third kappa shape index (κ3) is 4.87. The van der Waals surface area contributed by atoms with Gasteiger partial charge in [-0.15, -0.1) is 0 Å². The van der Waals surface area contributed by atoms with Gasteiger partial charge in [-0.05, 0) is 55.3 Å². The highest BCUT2D eigenvalue weighted by Crippen LogP contribution is 2.24. The van der Waals surface area contributed by atoms with Gasteiger partial charge < -0.3 is 10.1 Å². The van der Waals surface area contributed by atoms with Crippen LogP contribution in [0, 0.1) is 5.82 Å². The molecule has 0 radical (unpaired) electrons. The van der Waals surface area contributed by atoms with Crippen molar-refractivity contribution in [3.8, 4) is 11.5 Å². The zero-order chi connectivity index (χ0) is 15.1. The van der Waals surface area contributed by atoms with Crippen LogP contribution in [0.25, 0.3) is 0 Å². The third-order valence-corrected chi connectivity index (χ3v) is 3.29. The molecule has 0 aromatic heterocycles. The first kappa shape index (κ1) is 15.5. The van der Waals surface area contributed by atoms with Crippen molar-refractivity contribution in [2.75, 3.05) is 7.05 Å². The van der Waals surface area contributed by atoms with Crippen LogP contribution in [0.15, 0.2) is 42.5 Å². The van der Waals surface area contributed by atoms with E-state index >= 15 is 0 Å². The summed E-state index contributed by atoms with van der Waals surface area (Å²) in [6.07, 6.45) is 3.47. The highest BCUT2D eigenvalue weighted by molar-refractivity contribution is 5.35. The van der Waals surface area contributed by atoms with Crippen molar-refractivity contribution in [2.24, 2.45) is 0 Å². The van der Waals surface area contributed by atoms with E-state index in [2.05, 4.69) is 24.4 Å². The molecule has 2 aromatic rings. The Morgan fingerprint density at radius 1 is 1.00 bits per heavy atom. The molecular weight excluding hydrogens is 265 g/mol. The smallest absolute Gasteiger partial charge is 0.130 e. The minimum Gasteiger partial charge on any atom is -0.457 e. The summed E-state index contributed by atoms with van der Waals surface area (Å²) in [6, 6.07) is 12.8. The second-order valence-corrected chi connectivity index (χ2v) is 5.18. The first-order valence-corrected chi connectivity index (χ1v) is 7.42. The zero-order valence-corrected chi connectivity index (χ0v) is 12.7. The Labute approximate surface area is 126 Å². The lowest BCUT2D eigenvalue weighted by Gasteiger charge is -2.09. The van der Waals surface area contributed by atoms with Gasteiger partial charge in [-0.25, -0.2) is 4.39 Å². The number of unbranched alkanes of at least 4 members (excludes halogenated alkanes) is 1. The fourth-order valence-electron chi connectivity index (χ4n) is 2.23. The number of nitrogens with one attached hydrogen (secondary N) is 1. The SMILES string of the molecule is CCCCc1ccc(Oc2cc(F)cc(CNC)c2)cc1. The summed E-state index contributed by atoms with van der Waals surface area (Å²) in [7, 11) is 1.83. The maximum Gasteiger partial charge on any atom is 0.130 e. The molecule has 0 unspecified atom stereocenters. The summed E-state index contributed by atoms with van der Waals surface area (Å²) in [4.78, 5) is 0. The van der Waals surface area contributed by atoms with Crippen LogP contribution in [0.1, 0.15) is 30.9 Å². The fourth-order valence-corrected chi connectivity index (χ4v) is 2.23. The van der Waals surface area contributed by atoms with Crippen LogP contribution in [0.5, 0.6) is 11.5 Å². The van der Waals surface area contributed by atoms with Gasteiger partial charge in [-0.3, -0.25) is 0 Å². The third-order valence-electron chi connectivity index (χ3n) is 3.29. The van der Waals surface area contributed by atoms with Gasteiger partial charge in [0.15, 0.2) is 0 Å². The molecule has 3 heteroatoms. The predicted octanol–water partition coefficient (Wildman–Crippen LogP) is 4.68. The molecule has 112 valence electrons. The van der Waals surface area contributed by atoms with Gasteiger partial charge in [-0.1, -0.05) is 25.5 Å². The first-order chi connectivity index (χ1) is 10.2. The van der Waals surface area contributed by atoms with E-state index in [-0.39, 0.29) is 5.82 Å². The van der Waals surface area contributed by atoms with E-state index < -0.39 is 0 Å². The van der Waals surface area contributed by atoms with E-state index in [9.17, 15) is 4.39 Å². The largest absolute Gasteiger partial charge is 0.457 e. The van der Waals surface area contributed by atoms with Crippen molar-refractivity contribution in [2.45, 2.75) is 32.7 Å². The summed E-state index contributed by atoms with van der Waals surface area (Å²) in [5.74, 6) is 0.982. The second-order valence-electron chi connectivity index (χ2n) is 5.18. The minimum atomic E-state index is -0.280. The van der Waals surface area contributed by atoms with Crippen LogP contribution in [0.2, 0.25) is 0 Å². The average molecular weight is 287 g/mol. The van der Waals surface area contributed by atoms with Gasteiger partial charge >= 0.3 is 0 Å². The standard InChI is InChI=1S/C18H22FNO/c1-3-4-5-14-6-8-17(9-7-14)21-18-11-15(13-20-2)10-16(19)12-18/h6-12,20H,3-5,13H2,1-2H3. The zero-order valence-electron chi connectivity index (χ0n) is 12.7. The van der Waals surface area contributed by atoms with Gasteiger partial charge in [-0.2, -0.15) is 0 Å². The van der Waals surface area contributed by atoms with Crippen molar-refractivity contribution in [1.82, 2.24) is 5.32 Å². The molecule has 0 aliphatic carbocycles. The molecule has 0 saturated carbocycles.